The molecule has 1 heterocycles. The Morgan fingerprint density at radius 1 is 1.17 bits per heavy atom. The summed E-state index contributed by atoms with van der Waals surface area (Å²) in [4.78, 5) is 23.3. The maximum Gasteiger partial charge on any atom is 0.408 e. The predicted octanol–water partition coefficient (Wildman–Crippen LogP) is 2.58. The van der Waals surface area contributed by atoms with E-state index in [1.807, 2.05) is 12.1 Å². The molecule has 0 aromatic heterocycles. The van der Waals surface area contributed by atoms with Crippen LogP contribution in [0.15, 0.2) is 24.3 Å². The van der Waals surface area contributed by atoms with Crippen LogP contribution in [0.1, 0.15) is 45.1 Å². The van der Waals surface area contributed by atoms with Crippen LogP contribution in [0, 0.1) is 0 Å². The maximum absolute atomic E-state index is 11.8. The Morgan fingerprint density at radius 3 is 2.38 bits per heavy atom. The summed E-state index contributed by atoms with van der Waals surface area (Å²) in [5.41, 5.74) is 0.668. The molecule has 0 bridgehead atoms. The van der Waals surface area contributed by atoms with Crippen LogP contribution in [0.3, 0.4) is 0 Å². The number of carbonyl (C=O) groups is 2. The number of rotatable bonds is 4. The smallest absolute Gasteiger partial charge is 0.408 e. The molecule has 1 amide bonds. The average molecular weight is 334 g/mol. The van der Waals surface area contributed by atoms with Gasteiger partial charge in [0.05, 0.1) is 0 Å². The number of benzene rings is 1. The number of alkyl carbamates (subject to hydrolysis) is 1. The van der Waals surface area contributed by atoms with E-state index in [1.54, 1.807) is 32.9 Å². The van der Waals surface area contributed by atoms with Gasteiger partial charge in [-0.3, -0.25) is 0 Å². The topological polar surface area (TPSA) is 76.7 Å². The van der Waals surface area contributed by atoms with Crippen molar-refractivity contribution in [2.45, 2.75) is 45.1 Å². The maximum atomic E-state index is 11.8. The summed E-state index contributed by atoms with van der Waals surface area (Å²) in [6.45, 7) is 7.12. The van der Waals surface area contributed by atoms with Gasteiger partial charge in [0.1, 0.15) is 17.9 Å². The van der Waals surface area contributed by atoms with Crippen molar-refractivity contribution in [1.82, 2.24) is 10.6 Å². The van der Waals surface area contributed by atoms with Crippen molar-refractivity contribution in [2.75, 3.05) is 19.6 Å². The van der Waals surface area contributed by atoms with Gasteiger partial charge in [0.25, 0.3) is 0 Å². The van der Waals surface area contributed by atoms with Gasteiger partial charge in [0, 0.05) is 0 Å². The van der Waals surface area contributed by atoms with E-state index >= 15 is 0 Å². The summed E-state index contributed by atoms with van der Waals surface area (Å²) in [6.07, 6.45) is 1.61. The summed E-state index contributed by atoms with van der Waals surface area (Å²) in [5.74, 6) is 0.504. The minimum absolute atomic E-state index is 0.231. The fraction of sp³-hybridized carbons (Fsp3) is 0.556. The van der Waals surface area contributed by atoms with Crippen LogP contribution in [-0.2, 0) is 9.53 Å². The molecular weight excluding hydrogens is 308 g/mol. The van der Waals surface area contributed by atoms with E-state index in [-0.39, 0.29) is 6.54 Å². The molecule has 1 aromatic rings. The Kier molecular flexibility index (Phi) is 6.20. The highest BCUT2D eigenvalue weighted by Gasteiger charge is 2.18. The van der Waals surface area contributed by atoms with Gasteiger partial charge >= 0.3 is 12.1 Å². The summed E-state index contributed by atoms with van der Waals surface area (Å²) < 4.78 is 10.3. The Balaban J connectivity index is 1.78. The molecule has 132 valence electrons. The van der Waals surface area contributed by atoms with E-state index in [9.17, 15) is 9.59 Å². The van der Waals surface area contributed by atoms with Crippen LogP contribution < -0.4 is 15.4 Å². The molecule has 1 fully saturated rings. The summed E-state index contributed by atoms with van der Waals surface area (Å²) in [7, 11) is 0. The van der Waals surface area contributed by atoms with E-state index in [4.69, 9.17) is 9.47 Å². The van der Waals surface area contributed by atoms with Gasteiger partial charge in [-0.1, -0.05) is 12.1 Å². The van der Waals surface area contributed by atoms with Crippen LogP contribution in [0.25, 0.3) is 0 Å². The second-order valence-corrected chi connectivity index (χ2v) is 6.92. The number of carbonyl (C=O) groups excluding carboxylic acids is 2. The summed E-state index contributed by atoms with van der Waals surface area (Å²) >= 11 is 0. The molecule has 0 radical (unpaired) electrons. The van der Waals surface area contributed by atoms with Crippen molar-refractivity contribution >= 4 is 12.1 Å². The first-order valence-corrected chi connectivity index (χ1v) is 8.32. The average Bonchev–Trinajstić information content (AvgIpc) is 2.53. The Hall–Kier alpha value is -2.08. The molecular formula is C18H26N2O4. The Labute approximate surface area is 142 Å². The quantitative estimate of drug-likeness (QED) is 0.654. The van der Waals surface area contributed by atoms with E-state index in [1.165, 1.54) is 5.56 Å². The first-order valence-electron chi connectivity index (χ1n) is 8.32. The van der Waals surface area contributed by atoms with Crippen molar-refractivity contribution < 1.29 is 19.1 Å². The van der Waals surface area contributed by atoms with E-state index in [0.29, 0.717) is 11.7 Å². The predicted molar refractivity (Wildman–Crippen MR) is 91.2 cm³/mol. The lowest BCUT2D eigenvalue weighted by Crippen LogP contribution is -2.36. The van der Waals surface area contributed by atoms with Gasteiger partial charge in [-0.15, -0.1) is 0 Å². The van der Waals surface area contributed by atoms with Crippen molar-refractivity contribution in [3.8, 4) is 5.75 Å². The molecule has 1 saturated heterocycles. The minimum atomic E-state index is -0.638. The van der Waals surface area contributed by atoms with Crippen molar-refractivity contribution in [2.24, 2.45) is 0 Å². The number of hydrogen-bond acceptors (Lipinski definition) is 5. The monoisotopic (exact) mass is 334 g/mol. The van der Waals surface area contributed by atoms with Gasteiger partial charge in [-0.25, -0.2) is 9.59 Å². The van der Waals surface area contributed by atoms with Crippen molar-refractivity contribution in [3.63, 3.8) is 0 Å². The fourth-order valence-corrected chi connectivity index (χ4v) is 2.59. The molecule has 1 aliphatic rings. The molecule has 0 aliphatic carbocycles. The molecule has 0 atom stereocenters. The lowest BCUT2D eigenvalue weighted by Gasteiger charge is -2.23. The summed E-state index contributed by atoms with van der Waals surface area (Å²) in [6, 6.07) is 7.59. The van der Waals surface area contributed by atoms with Gasteiger partial charge < -0.3 is 20.1 Å². The minimum Gasteiger partial charge on any atom is -0.444 e. The van der Waals surface area contributed by atoms with Crippen LogP contribution in [0.2, 0.25) is 0 Å². The van der Waals surface area contributed by atoms with Crippen LogP contribution in [0.5, 0.6) is 5.75 Å². The number of ether oxygens (including phenoxy) is 2. The molecule has 2 rings (SSSR count). The number of piperidine rings is 1. The van der Waals surface area contributed by atoms with Gasteiger partial charge in [0.2, 0.25) is 0 Å². The fourth-order valence-electron chi connectivity index (χ4n) is 2.59. The normalized spacial score (nSPS) is 15.6. The highest BCUT2D eigenvalue weighted by Crippen LogP contribution is 2.26. The third-order valence-corrected chi connectivity index (χ3v) is 3.70. The number of nitrogens with one attached hydrogen (secondary N) is 2. The van der Waals surface area contributed by atoms with Crippen LogP contribution >= 0.6 is 0 Å². The molecule has 0 saturated carbocycles. The molecule has 0 unspecified atom stereocenters. The van der Waals surface area contributed by atoms with Gasteiger partial charge in [-0.2, -0.15) is 0 Å². The van der Waals surface area contributed by atoms with Crippen LogP contribution in [-0.4, -0.2) is 37.3 Å². The van der Waals surface area contributed by atoms with Gasteiger partial charge in [0.15, 0.2) is 0 Å². The molecule has 6 heteroatoms. The molecule has 1 aliphatic heterocycles. The Bertz CT molecular complexity index is 557. The second-order valence-electron chi connectivity index (χ2n) is 6.92. The second kappa shape index (κ2) is 8.15. The highest BCUT2D eigenvalue weighted by atomic mass is 16.6. The molecule has 1 aromatic carbocycles. The first kappa shape index (κ1) is 18.3. The summed E-state index contributed by atoms with van der Waals surface area (Å²) in [5, 5.41) is 5.72. The number of esters is 1. The van der Waals surface area contributed by atoms with E-state index in [0.717, 1.165) is 25.9 Å². The largest absolute Gasteiger partial charge is 0.444 e. The first-order chi connectivity index (χ1) is 11.3. The number of amides is 1. The SMILES string of the molecule is CC(C)(C)OC(=O)NCC(=O)Oc1ccc(C2CCNCC2)cc1. The molecule has 24 heavy (non-hydrogen) atoms. The lowest BCUT2D eigenvalue weighted by molar-refractivity contribution is -0.133. The van der Waals surface area contributed by atoms with E-state index < -0.39 is 17.7 Å². The third-order valence-electron chi connectivity index (χ3n) is 3.70. The standard InChI is InChI=1S/C18H26N2O4/c1-18(2,3)24-17(22)20-12-16(21)23-15-6-4-13(5-7-15)14-8-10-19-11-9-14/h4-7,14,19H,8-12H2,1-3H3,(H,20,22). The molecule has 6 nitrogen and oxygen atoms in total. The van der Waals surface area contributed by atoms with Gasteiger partial charge in [-0.05, 0) is 70.3 Å². The van der Waals surface area contributed by atoms with E-state index in [2.05, 4.69) is 10.6 Å². The van der Waals surface area contributed by atoms with Crippen LogP contribution in [0.4, 0.5) is 4.79 Å². The third kappa shape index (κ3) is 6.20. The van der Waals surface area contributed by atoms with Crippen molar-refractivity contribution in [3.05, 3.63) is 29.8 Å². The number of hydrogen-bond donors (Lipinski definition) is 2. The lowest BCUT2D eigenvalue weighted by atomic mass is 9.90. The molecule has 0 spiro atoms. The highest BCUT2D eigenvalue weighted by molar-refractivity contribution is 5.79. The van der Waals surface area contributed by atoms with Crippen molar-refractivity contribution in [1.29, 1.82) is 0 Å². The zero-order valence-corrected chi connectivity index (χ0v) is 14.6. The zero-order chi connectivity index (χ0) is 17.6. The Morgan fingerprint density at radius 2 is 1.79 bits per heavy atom. The zero-order valence-electron chi connectivity index (χ0n) is 14.6. The molecule has 2 N–H and O–H groups in total.